The molecule has 1 rings (SSSR count). The number of alkyl halides is 3. The molecule has 16 heavy (non-hydrogen) atoms. The van der Waals surface area contributed by atoms with Crippen molar-refractivity contribution >= 4 is 21.9 Å². The van der Waals surface area contributed by atoms with Crippen molar-refractivity contribution in [3.63, 3.8) is 0 Å². The van der Waals surface area contributed by atoms with Gasteiger partial charge in [-0.05, 0) is 18.2 Å². The van der Waals surface area contributed by atoms with Crippen LogP contribution < -0.4 is 9.32 Å². The maximum Gasteiger partial charge on any atom is 0.416 e. The largest absolute Gasteiger partial charge is 0.416 e. The summed E-state index contributed by atoms with van der Waals surface area (Å²) in [5.74, 6) is -0.668. The topological polar surface area (TPSA) is 69.4 Å². The summed E-state index contributed by atoms with van der Waals surface area (Å²) in [6.07, 6.45) is -4.62. The highest BCUT2D eigenvalue weighted by Crippen LogP contribution is 2.35. The highest BCUT2D eigenvalue weighted by molar-refractivity contribution is 7.84. The van der Waals surface area contributed by atoms with Gasteiger partial charge < -0.3 is 4.18 Å². The molecular weight excluding hydrogens is 271 g/mol. The molecule has 0 unspecified atom stereocenters. The molecule has 0 heterocycles. The number of halogens is 4. The van der Waals surface area contributed by atoms with E-state index in [1.807, 2.05) is 0 Å². The quantitative estimate of drug-likeness (QED) is 0.897. The first-order valence-corrected chi connectivity index (χ1v) is 5.53. The third kappa shape index (κ3) is 3.54. The van der Waals surface area contributed by atoms with E-state index in [1.165, 1.54) is 0 Å². The van der Waals surface area contributed by atoms with Gasteiger partial charge in [0.25, 0.3) is 0 Å². The van der Waals surface area contributed by atoms with Gasteiger partial charge in [0.2, 0.25) is 0 Å². The van der Waals surface area contributed by atoms with E-state index < -0.39 is 27.8 Å². The molecule has 0 fully saturated rings. The van der Waals surface area contributed by atoms with Gasteiger partial charge in [-0.2, -0.15) is 26.7 Å². The van der Waals surface area contributed by atoms with Crippen molar-refractivity contribution in [3.05, 3.63) is 28.8 Å². The number of hydrogen-bond donors (Lipinski definition) is 1. The Kier molecular flexibility index (Phi) is 3.36. The lowest BCUT2D eigenvalue weighted by Crippen LogP contribution is -2.19. The van der Waals surface area contributed by atoms with E-state index in [4.69, 9.17) is 11.6 Å². The monoisotopic (exact) mass is 275 g/mol. The van der Waals surface area contributed by atoms with Crippen LogP contribution in [0.25, 0.3) is 0 Å². The molecule has 0 bridgehead atoms. The molecule has 0 aliphatic carbocycles. The van der Waals surface area contributed by atoms with Gasteiger partial charge >= 0.3 is 16.5 Å². The van der Waals surface area contributed by atoms with Gasteiger partial charge in [0.15, 0.2) is 5.75 Å². The summed E-state index contributed by atoms with van der Waals surface area (Å²) in [5.41, 5.74) is -1.09. The van der Waals surface area contributed by atoms with E-state index in [-0.39, 0.29) is 5.02 Å². The van der Waals surface area contributed by atoms with Crippen LogP contribution in [0.1, 0.15) is 5.56 Å². The summed E-state index contributed by atoms with van der Waals surface area (Å²) in [6.45, 7) is 0. The van der Waals surface area contributed by atoms with Crippen molar-refractivity contribution in [1.29, 1.82) is 0 Å². The Morgan fingerprint density at radius 2 is 1.88 bits per heavy atom. The second kappa shape index (κ2) is 4.11. The van der Waals surface area contributed by atoms with Crippen molar-refractivity contribution in [2.75, 3.05) is 0 Å². The third-order valence-corrected chi connectivity index (χ3v) is 2.19. The molecule has 0 saturated heterocycles. The first-order chi connectivity index (χ1) is 7.09. The fraction of sp³-hybridized carbons (Fsp3) is 0.143. The van der Waals surface area contributed by atoms with E-state index >= 15 is 0 Å². The fourth-order valence-corrected chi connectivity index (χ4v) is 1.46. The summed E-state index contributed by atoms with van der Waals surface area (Å²) in [6, 6.07) is 2.01. The lowest BCUT2D eigenvalue weighted by Gasteiger charge is -2.09. The van der Waals surface area contributed by atoms with Gasteiger partial charge in [-0.25, -0.2) is 0 Å². The lowest BCUT2D eigenvalue weighted by molar-refractivity contribution is -0.137. The van der Waals surface area contributed by atoms with Crippen LogP contribution in [-0.4, -0.2) is 8.42 Å². The maximum absolute atomic E-state index is 12.3. The highest BCUT2D eigenvalue weighted by atomic mass is 35.5. The zero-order valence-electron chi connectivity index (χ0n) is 7.45. The minimum atomic E-state index is -4.62. The Morgan fingerprint density at radius 1 is 1.31 bits per heavy atom. The van der Waals surface area contributed by atoms with Gasteiger partial charge in [0, 0.05) is 0 Å². The maximum atomic E-state index is 12.3. The molecule has 0 aromatic heterocycles. The SMILES string of the molecule is NS(=O)(=O)Oc1cc(C(F)(F)F)ccc1Cl. The van der Waals surface area contributed by atoms with Crippen LogP contribution in [0.4, 0.5) is 13.2 Å². The van der Waals surface area contributed by atoms with Gasteiger partial charge in [-0.15, -0.1) is 0 Å². The van der Waals surface area contributed by atoms with Crippen LogP contribution in [0, 0.1) is 0 Å². The van der Waals surface area contributed by atoms with E-state index in [9.17, 15) is 21.6 Å². The molecule has 1 aromatic carbocycles. The average molecular weight is 276 g/mol. The van der Waals surface area contributed by atoms with Crippen molar-refractivity contribution < 1.29 is 25.8 Å². The normalized spacial score (nSPS) is 12.6. The van der Waals surface area contributed by atoms with Crippen molar-refractivity contribution in [2.45, 2.75) is 6.18 Å². The fourth-order valence-electron chi connectivity index (χ4n) is 0.869. The van der Waals surface area contributed by atoms with Crippen LogP contribution in [0.5, 0.6) is 5.75 Å². The smallest absolute Gasteiger partial charge is 0.369 e. The van der Waals surface area contributed by atoms with Gasteiger partial charge in [-0.3, -0.25) is 0 Å². The summed E-state index contributed by atoms with van der Waals surface area (Å²) < 4.78 is 61.9. The molecule has 0 amide bonds. The third-order valence-electron chi connectivity index (χ3n) is 1.46. The second-order valence-corrected chi connectivity index (χ2v) is 4.28. The van der Waals surface area contributed by atoms with E-state index in [2.05, 4.69) is 9.32 Å². The number of benzene rings is 1. The van der Waals surface area contributed by atoms with Crippen LogP contribution in [-0.2, 0) is 16.5 Å². The number of hydrogen-bond acceptors (Lipinski definition) is 3. The van der Waals surface area contributed by atoms with Crippen LogP contribution >= 0.6 is 11.6 Å². The lowest BCUT2D eigenvalue weighted by atomic mass is 10.2. The van der Waals surface area contributed by atoms with Crippen LogP contribution in [0.2, 0.25) is 5.02 Å². The average Bonchev–Trinajstić information content (AvgIpc) is 2.04. The second-order valence-electron chi connectivity index (χ2n) is 2.72. The Morgan fingerprint density at radius 3 is 2.31 bits per heavy atom. The summed E-state index contributed by atoms with van der Waals surface area (Å²) in [5, 5.41) is 4.22. The predicted octanol–water partition coefficient (Wildman–Crippen LogP) is 1.94. The van der Waals surface area contributed by atoms with Gasteiger partial charge in [0.1, 0.15) is 0 Å². The molecule has 1 aromatic rings. The standard InChI is InChI=1S/C7H5ClF3NO3S/c8-5-2-1-4(7(9,10)11)3-6(5)15-16(12,13)14/h1-3H,(H2,12,13,14). The van der Waals surface area contributed by atoms with Crippen molar-refractivity contribution in [3.8, 4) is 5.75 Å². The zero-order valence-corrected chi connectivity index (χ0v) is 9.03. The summed E-state index contributed by atoms with van der Waals surface area (Å²) >= 11 is 5.44. The summed E-state index contributed by atoms with van der Waals surface area (Å²) in [4.78, 5) is 0. The Balaban J connectivity index is 3.20. The Hall–Kier alpha value is -0.990. The molecule has 2 N–H and O–H groups in total. The minimum Gasteiger partial charge on any atom is -0.369 e. The zero-order chi connectivity index (χ0) is 12.6. The minimum absolute atomic E-state index is 0.290. The molecule has 0 aliphatic rings. The molecule has 4 nitrogen and oxygen atoms in total. The van der Waals surface area contributed by atoms with Crippen molar-refractivity contribution in [2.24, 2.45) is 5.14 Å². The highest BCUT2D eigenvalue weighted by Gasteiger charge is 2.31. The Labute approximate surface area is 94.0 Å². The molecule has 0 radical (unpaired) electrons. The van der Waals surface area contributed by atoms with Gasteiger partial charge in [-0.1, -0.05) is 11.6 Å². The van der Waals surface area contributed by atoms with Crippen LogP contribution in [0.15, 0.2) is 18.2 Å². The van der Waals surface area contributed by atoms with Crippen molar-refractivity contribution in [1.82, 2.24) is 0 Å². The van der Waals surface area contributed by atoms with Gasteiger partial charge in [0.05, 0.1) is 10.6 Å². The first-order valence-electron chi connectivity index (χ1n) is 3.68. The molecule has 0 atom stereocenters. The number of nitrogens with two attached hydrogens (primary N) is 1. The molecular formula is C7H5ClF3NO3S. The first kappa shape index (κ1) is 13.1. The molecule has 0 aliphatic heterocycles. The molecule has 0 saturated carbocycles. The molecule has 9 heteroatoms. The number of rotatable bonds is 2. The molecule has 0 spiro atoms. The predicted molar refractivity (Wildman–Crippen MR) is 50.2 cm³/mol. The van der Waals surface area contributed by atoms with E-state index in [0.29, 0.717) is 12.1 Å². The van der Waals surface area contributed by atoms with E-state index in [1.54, 1.807) is 0 Å². The van der Waals surface area contributed by atoms with Crippen LogP contribution in [0.3, 0.4) is 0 Å². The molecule has 90 valence electrons. The van der Waals surface area contributed by atoms with E-state index in [0.717, 1.165) is 6.07 Å². The summed E-state index contributed by atoms with van der Waals surface area (Å²) in [7, 11) is -4.41. The Bertz CT molecular complexity index is 500.